The van der Waals surface area contributed by atoms with Gasteiger partial charge in [-0.1, -0.05) is 24.3 Å². The standard InChI is InChI=1S/C33H40FN5O6/c1-44-26-6-4-5-22(13-26)17-38-19-24-16-28(38)31(41)36-27(33(43)39-18-23(34)15-29(39)32(42)35-24)14-21-7-9-25(10-8-21)45-20-30(40)37-11-2-3-12-37/h4-10,13,23-24,27-29H,2-3,11-12,14-20H2,1H3,(H,35,42)(H,36,41)/t23-,24+,27-,28-,29-/m0/s1. The van der Waals surface area contributed by atoms with Crippen molar-refractivity contribution >= 4 is 23.6 Å². The maximum atomic E-state index is 14.7. The molecule has 240 valence electrons. The van der Waals surface area contributed by atoms with E-state index < -0.39 is 36.1 Å². The van der Waals surface area contributed by atoms with Crippen LogP contribution in [-0.2, 0) is 32.1 Å². The van der Waals surface area contributed by atoms with Gasteiger partial charge in [0.15, 0.2) is 6.61 Å². The number of fused-ring (bicyclic) bond motifs is 3. The van der Waals surface area contributed by atoms with Crippen LogP contribution in [0.15, 0.2) is 48.5 Å². The first kappa shape index (κ1) is 30.8. The number of likely N-dealkylation sites (tertiary alicyclic amines) is 2. The molecule has 4 aliphatic rings. The molecule has 2 bridgehead atoms. The summed E-state index contributed by atoms with van der Waals surface area (Å²) in [7, 11) is 1.60. The van der Waals surface area contributed by atoms with E-state index in [9.17, 15) is 23.6 Å². The van der Waals surface area contributed by atoms with Crippen LogP contribution in [0.25, 0.3) is 0 Å². The van der Waals surface area contributed by atoms with E-state index in [0.717, 1.165) is 37.1 Å². The molecule has 12 heteroatoms. The van der Waals surface area contributed by atoms with Gasteiger partial charge in [0, 0.05) is 45.1 Å². The number of benzene rings is 2. The summed E-state index contributed by atoms with van der Waals surface area (Å²) in [6.07, 6.45) is 1.12. The molecule has 4 saturated heterocycles. The first-order chi connectivity index (χ1) is 21.8. The highest BCUT2D eigenvalue weighted by molar-refractivity contribution is 5.94. The minimum Gasteiger partial charge on any atom is -0.497 e. The van der Waals surface area contributed by atoms with Gasteiger partial charge in [0.25, 0.3) is 5.91 Å². The first-order valence-corrected chi connectivity index (χ1v) is 15.7. The number of hydrogen-bond donors (Lipinski definition) is 2. The first-order valence-electron chi connectivity index (χ1n) is 15.7. The lowest BCUT2D eigenvalue weighted by Crippen LogP contribution is -2.56. The summed E-state index contributed by atoms with van der Waals surface area (Å²) < 4.78 is 25.7. The van der Waals surface area contributed by atoms with E-state index in [0.29, 0.717) is 31.0 Å². The zero-order valence-electron chi connectivity index (χ0n) is 25.5. The summed E-state index contributed by atoms with van der Waals surface area (Å²) >= 11 is 0. The molecule has 5 atom stereocenters. The zero-order chi connectivity index (χ0) is 31.5. The Morgan fingerprint density at radius 1 is 0.911 bits per heavy atom. The van der Waals surface area contributed by atoms with Gasteiger partial charge in [0.2, 0.25) is 17.7 Å². The number of methoxy groups -OCH3 is 1. The highest BCUT2D eigenvalue weighted by Crippen LogP contribution is 2.27. The summed E-state index contributed by atoms with van der Waals surface area (Å²) in [6.45, 7) is 2.15. The van der Waals surface area contributed by atoms with E-state index in [1.165, 1.54) is 4.90 Å². The van der Waals surface area contributed by atoms with Crippen molar-refractivity contribution in [2.75, 3.05) is 39.9 Å². The topological polar surface area (TPSA) is 121 Å². The molecule has 0 unspecified atom stereocenters. The molecular weight excluding hydrogens is 581 g/mol. The number of nitrogens with zero attached hydrogens (tertiary/aromatic N) is 3. The minimum absolute atomic E-state index is 0.0476. The Bertz CT molecular complexity index is 1420. The highest BCUT2D eigenvalue weighted by Gasteiger charge is 2.46. The Hall–Kier alpha value is -4.19. The molecule has 0 aliphatic carbocycles. The lowest BCUT2D eigenvalue weighted by Gasteiger charge is -2.31. The summed E-state index contributed by atoms with van der Waals surface area (Å²) in [4.78, 5) is 58.5. The number of halogens is 1. The zero-order valence-corrected chi connectivity index (χ0v) is 25.5. The van der Waals surface area contributed by atoms with Crippen LogP contribution in [0.5, 0.6) is 11.5 Å². The number of amides is 4. The van der Waals surface area contributed by atoms with Crippen molar-refractivity contribution in [2.45, 2.75) is 69.0 Å². The molecule has 0 saturated carbocycles. The molecule has 0 radical (unpaired) electrons. The smallest absolute Gasteiger partial charge is 0.260 e. The van der Waals surface area contributed by atoms with Gasteiger partial charge in [0.1, 0.15) is 29.8 Å². The van der Waals surface area contributed by atoms with Crippen LogP contribution in [0.2, 0.25) is 0 Å². The lowest BCUT2D eigenvalue weighted by atomic mass is 10.0. The normalized spacial score (nSPS) is 27.1. The Balaban J connectivity index is 1.20. The number of alkyl halides is 1. The van der Waals surface area contributed by atoms with Crippen molar-refractivity contribution < 1.29 is 33.0 Å². The fourth-order valence-corrected chi connectivity index (χ4v) is 6.86. The number of hydrogen-bond acceptors (Lipinski definition) is 7. The molecule has 45 heavy (non-hydrogen) atoms. The molecule has 2 N–H and O–H groups in total. The van der Waals surface area contributed by atoms with Crippen molar-refractivity contribution in [3.8, 4) is 11.5 Å². The van der Waals surface area contributed by atoms with E-state index >= 15 is 0 Å². The number of carbonyl (C=O) groups is 4. The van der Waals surface area contributed by atoms with Gasteiger partial charge < -0.3 is 29.9 Å². The fourth-order valence-electron chi connectivity index (χ4n) is 6.86. The van der Waals surface area contributed by atoms with Crippen LogP contribution in [-0.4, -0.2) is 109 Å². The third-order valence-electron chi connectivity index (χ3n) is 9.21. The number of carbonyl (C=O) groups excluding carboxylic acids is 4. The van der Waals surface area contributed by atoms with Gasteiger partial charge in [-0.25, -0.2) is 4.39 Å². The summed E-state index contributed by atoms with van der Waals surface area (Å²) in [5, 5.41) is 5.97. The third kappa shape index (κ3) is 7.06. The predicted molar refractivity (Wildman–Crippen MR) is 162 cm³/mol. The molecule has 2 aromatic rings. The van der Waals surface area contributed by atoms with Crippen LogP contribution in [0.4, 0.5) is 4.39 Å². The van der Waals surface area contributed by atoms with E-state index in [1.54, 1.807) is 36.3 Å². The van der Waals surface area contributed by atoms with E-state index in [-0.39, 0.29) is 43.8 Å². The van der Waals surface area contributed by atoms with Gasteiger partial charge in [-0.15, -0.1) is 0 Å². The van der Waals surface area contributed by atoms with Crippen molar-refractivity contribution in [3.63, 3.8) is 0 Å². The maximum Gasteiger partial charge on any atom is 0.260 e. The lowest BCUT2D eigenvalue weighted by molar-refractivity contribution is -0.142. The summed E-state index contributed by atoms with van der Waals surface area (Å²) in [6, 6.07) is 11.8. The Kier molecular flexibility index (Phi) is 9.20. The van der Waals surface area contributed by atoms with Crippen molar-refractivity contribution in [2.24, 2.45) is 0 Å². The van der Waals surface area contributed by atoms with Crippen molar-refractivity contribution in [1.29, 1.82) is 0 Å². The highest BCUT2D eigenvalue weighted by atomic mass is 19.1. The third-order valence-corrected chi connectivity index (χ3v) is 9.21. The van der Waals surface area contributed by atoms with Gasteiger partial charge in [-0.3, -0.25) is 24.1 Å². The number of rotatable bonds is 8. The Labute approximate surface area is 262 Å². The second-order valence-electron chi connectivity index (χ2n) is 12.4. The summed E-state index contributed by atoms with van der Waals surface area (Å²) in [5.74, 6) is -0.0267. The van der Waals surface area contributed by atoms with Crippen LogP contribution in [0.3, 0.4) is 0 Å². The van der Waals surface area contributed by atoms with E-state index in [2.05, 4.69) is 10.6 Å². The monoisotopic (exact) mass is 621 g/mol. The molecule has 4 fully saturated rings. The fraction of sp³-hybridized carbons (Fsp3) is 0.515. The average Bonchev–Trinajstić information content (AvgIpc) is 3.80. The molecule has 4 heterocycles. The quantitative estimate of drug-likeness (QED) is 0.458. The van der Waals surface area contributed by atoms with Crippen LogP contribution in [0.1, 0.15) is 36.8 Å². The molecule has 0 aromatic heterocycles. The SMILES string of the molecule is COc1cccc(CN2C[C@H]3C[C@H]2C(=O)N[C@@H](Cc2ccc(OCC(=O)N4CCCC4)cc2)C(=O)N2C[C@@H](F)C[C@H]2C(=O)N3)c1. The largest absolute Gasteiger partial charge is 0.497 e. The molecule has 4 aliphatic heterocycles. The van der Waals surface area contributed by atoms with Crippen LogP contribution < -0.4 is 20.1 Å². The van der Waals surface area contributed by atoms with E-state index in [1.807, 2.05) is 29.2 Å². The van der Waals surface area contributed by atoms with Crippen molar-refractivity contribution in [3.05, 3.63) is 59.7 Å². The maximum absolute atomic E-state index is 14.7. The van der Waals surface area contributed by atoms with Gasteiger partial charge in [-0.05, 0) is 54.7 Å². The summed E-state index contributed by atoms with van der Waals surface area (Å²) in [5.41, 5.74) is 1.70. The molecule has 4 amide bonds. The van der Waals surface area contributed by atoms with E-state index in [4.69, 9.17) is 9.47 Å². The second kappa shape index (κ2) is 13.4. The van der Waals surface area contributed by atoms with Crippen molar-refractivity contribution in [1.82, 2.24) is 25.3 Å². The molecule has 2 aromatic carbocycles. The number of ether oxygens (including phenoxy) is 2. The molecule has 6 rings (SSSR count). The number of nitrogens with one attached hydrogen (secondary N) is 2. The van der Waals surface area contributed by atoms with Gasteiger partial charge in [0.05, 0.1) is 19.7 Å². The Morgan fingerprint density at radius 2 is 1.67 bits per heavy atom. The Morgan fingerprint density at radius 3 is 2.42 bits per heavy atom. The molecule has 11 nitrogen and oxygen atoms in total. The average molecular weight is 622 g/mol. The predicted octanol–water partition coefficient (Wildman–Crippen LogP) is 1.44. The second-order valence-corrected chi connectivity index (χ2v) is 12.4. The van der Waals surface area contributed by atoms with Crippen LogP contribution in [0, 0.1) is 0 Å². The van der Waals surface area contributed by atoms with Crippen LogP contribution >= 0.6 is 0 Å². The molecular formula is C33H40FN5O6. The van der Waals surface area contributed by atoms with Gasteiger partial charge in [-0.2, -0.15) is 0 Å². The minimum atomic E-state index is -1.33. The van der Waals surface area contributed by atoms with Gasteiger partial charge >= 0.3 is 0 Å². The molecule has 0 spiro atoms.